The number of oxime groups is 1. The Bertz CT molecular complexity index is 99.9. The summed E-state index contributed by atoms with van der Waals surface area (Å²) in [5.74, 6) is 0. The number of nitrogens with zero attached hydrogens (tertiary/aromatic N) is 1. The fourth-order valence-corrected chi connectivity index (χ4v) is 1.06. The molecule has 0 aromatic rings. The van der Waals surface area contributed by atoms with Gasteiger partial charge in [-0.15, -0.1) is 0 Å². The second-order valence-corrected chi connectivity index (χ2v) is 2.23. The Morgan fingerprint density at radius 3 is 2.11 bits per heavy atom. The SMILES string of the molecule is ON=C1CCCCC1.[H-].[Na+]. The predicted octanol–water partition coefficient (Wildman–Crippen LogP) is -1.10. The van der Waals surface area contributed by atoms with Gasteiger partial charge in [0.2, 0.25) is 0 Å². The first kappa shape index (κ1) is 9.47. The van der Waals surface area contributed by atoms with Crippen molar-refractivity contribution in [1.29, 1.82) is 0 Å². The molecule has 1 aliphatic rings. The van der Waals surface area contributed by atoms with Gasteiger partial charge in [0.15, 0.2) is 0 Å². The molecule has 1 fully saturated rings. The van der Waals surface area contributed by atoms with Crippen molar-refractivity contribution >= 4 is 5.71 Å². The summed E-state index contributed by atoms with van der Waals surface area (Å²) in [6.45, 7) is 0. The van der Waals surface area contributed by atoms with Crippen molar-refractivity contribution in [3.05, 3.63) is 0 Å². The summed E-state index contributed by atoms with van der Waals surface area (Å²) in [6, 6.07) is 0. The third-order valence-electron chi connectivity index (χ3n) is 1.57. The second-order valence-electron chi connectivity index (χ2n) is 2.23. The average Bonchev–Trinajstić information content (AvgIpc) is 1.90. The maximum atomic E-state index is 8.28. The molecule has 3 heteroatoms. The minimum atomic E-state index is 0. The van der Waals surface area contributed by atoms with Crippen LogP contribution in [0.2, 0.25) is 0 Å². The maximum Gasteiger partial charge on any atom is 1.00 e. The molecule has 1 saturated carbocycles. The van der Waals surface area contributed by atoms with E-state index >= 15 is 0 Å². The van der Waals surface area contributed by atoms with Gasteiger partial charge in [0.05, 0.1) is 5.71 Å². The van der Waals surface area contributed by atoms with Crippen molar-refractivity contribution in [2.24, 2.45) is 5.16 Å². The van der Waals surface area contributed by atoms with Gasteiger partial charge in [-0.3, -0.25) is 0 Å². The van der Waals surface area contributed by atoms with E-state index in [1.165, 1.54) is 19.3 Å². The first-order chi connectivity index (χ1) is 3.93. The van der Waals surface area contributed by atoms with Crippen LogP contribution in [0.3, 0.4) is 0 Å². The van der Waals surface area contributed by atoms with Gasteiger partial charge in [-0.1, -0.05) is 11.6 Å². The largest absolute Gasteiger partial charge is 1.00 e. The third-order valence-corrected chi connectivity index (χ3v) is 1.57. The van der Waals surface area contributed by atoms with Crippen molar-refractivity contribution < 1.29 is 36.2 Å². The smallest absolute Gasteiger partial charge is 1.00 e. The van der Waals surface area contributed by atoms with E-state index in [-0.39, 0.29) is 31.0 Å². The van der Waals surface area contributed by atoms with Crippen LogP contribution in [0.15, 0.2) is 5.16 Å². The Morgan fingerprint density at radius 2 is 1.78 bits per heavy atom. The minimum absolute atomic E-state index is 0. The van der Waals surface area contributed by atoms with Crippen LogP contribution in [0.4, 0.5) is 0 Å². The zero-order valence-electron chi connectivity index (χ0n) is 6.93. The van der Waals surface area contributed by atoms with E-state index in [1.807, 2.05) is 0 Å². The number of hydrogen-bond acceptors (Lipinski definition) is 2. The molecule has 0 unspecified atom stereocenters. The second kappa shape index (κ2) is 5.27. The summed E-state index contributed by atoms with van der Waals surface area (Å²) in [5, 5.41) is 11.4. The topological polar surface area (TPSA) is 32.6 Å². The normalized spacial score (nSPS) is 18.4. The third kappa shape index (κ3) is 3.23. The molecule has 1 rings (SSSR count). The molecule has 0 bridgehead atoms. The average molecular weight is 137 g/mol. The fraction of sp³-hybridized carbons (Fsp3) is 0.833. The molecular formula is C6H12NNaO. The van der Waals surface area contributed by atoms with E-state index < -0.39 is 0 Å². The summed E-state index contributed by atoms with van der Waals surface area (Å²) in [6.07, 6.45) is 5.74. The van der Waals surface area contributed by atoms with Crippen molar-refractivity contribution in [1.82, 2.24) is 0 Å². The van der Waals surface area contributed by atoms with E-state index in [4.69, 9.17) is 5.21 Å². The fourth-order valence-electron chi connectivity index (χ4n) is 1.06. The standard InChI is InChI=1S/C6H11NO.Na.H/c8-7-6-4-2-1-3-5-6;;/h8H,1-5H2;;/q;+1;-1. The first-order valence-corrected chi connectivity index (χ1v) is 3.13. The van der Waals surface area contributed by atoms with Crippen LogP contribution < -0.4 is 29.6 Å². The van der Waals surface area contributed by atoms with Crippen molar-refractivity contribution in [3.8, 4) is 0 Å². The molecule has 0 heterocycles. The van der Waals surface area contributed by atoms with Crippen molar-refractivity contribution in [2.75, 3.05) is 0 Å². The van der Waals surface area contributed by atoms with Gasteiger partial charge in [-0.2, -0.15) is 0 Å². The Morgan fingerprint density at radius 1 is 1.22 bits per heavy atom. The summed E-state index contributed by atoms with van der Waals surface area (Å²) >= 11 is 0. The Kier molecular flexibility index (Phi) is 5.55. The predicted molar refractivity (Wildman–Crippen MR) is 33.4 cm³/mol. The zero-order chi connectivity index (χ0) is 5.82. The van der Waals surface area contributed by atoms with Crippen LogP contribution in [-0.2, 0) is 0 Å². The first-order valence-electron chi connectivity index (χ1n) is 3.13. The summed E-state index contributed by atoms with van der Waals surface area (Å²) in [4.78, 5) is 0. The van der Waals surface area contributed by atoms with Crippen LogP contribution in [0.1, 0.15) is 33.5 Å². The Balaban J connectivity index is 0. The van der Waals surface area contributed by atoms with E-state index in [0.717, 1.165) is 18.6 Å². The molecule has 48 valence electrons. The molecule has 1 N–H and O–H groups in total. The maximum absolute atomic E-state index is 8.28. The van der Waals surface area contributed by atoms with E-state index in [2.05, 4.69) is 5.16 Å². The van der Waals surface area contributed by atoms with Crippen LogP contribution in [0.5, 0.6) is 0 Å². The summed E-state index contributed by atoms with van der Waals surface area (Å²) < 4.78 is 0. The molecule has 0 spiro atoms. The van der Waals surface area contributed by atoms with Crippen LogP contribution in [-0.4, -0.2) is 10.9 Å². The van der Waals surface area contributed by atoms with Crippen molar-refractivity contribution in [2.45, 2.75) is 32.1 Å². The van der Waals surface area contributed by atoms with Crippen LogP contribution >= 0.6 is 0 Å². The van der Waals surface area contributed by atoms with E-state index in [0.29, 0.717) is 0 Å². The van der Waals surface area contributed by atoms with Gasteiger partial charge < -0.3 is 6.63 Å². The molecule has 1 aliphatic carbocycles. The Labute approximate surface area is 79.1 Å². The van der Waals surface area contributed by atoms with Gasteiger partial charge in [0.1, 0.15) is 0 Å². The molecule has 2 nitrogen and oxygen atoms in total. The van der Waals surface area contributed by atoms with E-state index in [1.54, 1.807) is 0 Å². The van der Waals surface area contributed by atoms with Crippen LogP contribution in [0.25, 0.3) is 0 Å². The number of rotatable bonds is 0. The van der Waals surface area contributed by atoms with Crippen molar-refractivity contribution in [3.63, 3.8) is 0 Å². The molecule has 0 aromatic carbocycles. The van der Waals surface area contributed by atoms with Gasteiger partial charge in [-0.25, -0.2) is 0 Å². The molecule has 0 aromatic heterocycles. The minimum Gasteiger partial charge on any atom is -1.00 e. The molecule has 0 amide bonds. The van der Waals surface area contributed by atoms with E-state index in [9.17, 15) is 0 Å². The molecule has 0 aliphatic heterocycles. The monoisotopic (exact) mass is 137 g/mol. The summed E-state index contributed by atoms with van der Waals surface area (Å²) in [5.41, 5.74) is 0.983. The molecule has 0 radical (unpaired) electrons. The van der Waals surface area contributed by atoms with Gasteiger partial charge in [0, 0.05) is 0 Å². The zero-order valence-corrected chi connectivity index (χ0v) is 7.93. The van der Waals surface area contributed by atoms with Gasteiger partial charge in [-0.05, 0) is 25.7 Å². The molecule has 9 heavy (non-hydrogen) atoms. The van der Waals surface area contributed by atoms with Crippen LogP contribution in [0, 0.1) is 0 Å². The summed E-state index contributed by atoms with van der Waals surface area (Å²) in [7, 11) is 0. The Hall–Kier alpha value is 0.470. The molecule has 0 saturated heterocycles. The van der Waals surface area contributed by atoms with Gasteiger partial charge in [0.25, 0.3) is 0 Å². The molecular weight excluding hydrogens is 125 g/mol. The number of hydrogen-bond donors (Lipinski definition) is 1. The molecule has 0 atom stereocenters. The van der Waals surface area contributed by atoms with Gasteiger partial charge >= 0.3 is 29.6 Å². The quantitative estimate of drug-likeness (QED) is 0.256.